The first-order chi connectivity index (χ1) is 8.58. The minimum atomic E-state index is -1.03. The summed E-state index contributed by atoms with van der Waals surface area (Å²) < 4.78 is 6.82. The average Bonchev–Trinajstić information content (AvgIpc) is 2.94. The lowest BCUT2D eigenvalue weighted by molar-refractivity contribution is -0.151. The third kappa shape index (κ3) is 2.65. The number of carbonyl (C=O) groups excluding carboxylic acids is 1. The summed E-state index contributed by atoms with van der Waals surface area (Å²) in [5.74, 6) is -0.725. The van der Waals surface area contributed by atoms with E-state index in [-0.39, 0.29) is 12.5 Å². The maximum Gasteiger partial charge on any atom is 0.332 e. The Bertz CT molecular complexity index is 458. The topological polar surface area (TPSA) is 106 Å². The predicted molar refractivity (Wildman–Crippen MR) is 58.4 cm³/mol. The molecule has 0 unspecified atom stereocenters. The SMILES string of the molecule is Cn1cnnc1CNC(=O)[C@@H]1CC[C@H](C(=O)O)O1. The van der Waals surface area contributed by atoms with Crippen LogP contribution in [-0.2, 0) is 27.9 Å². The van der Waals surface area contributed by atoms with Gasteiger partial charge >= 0.3 is 5.97 Å². The summed E-state index contributed by atoms with van der Waals surface area (Å²) >= 11 is 0. The van der Waals surface area contributed by atoms with Crippen molar-refractivity contribution in [2.45, 2.75) is 31.6 Å². The van der Waals surface area contributed by atoms with Crippen molar-refractivity contribution in [3.63, 3.8) is 0 Å². The minimum absolute atomic E-state index is 0.243. The number of ether oxygens (including phenoxy) is 1. The molecule has 98 valence electrons. The molecule has 1 saturated heterocycles. The lowest BCUT2D eigenvalue weighted by Crippen LogP contribution is -2.35. The number of nitrogens with zero attached hydrogens (tertiary/aromatic N) is 3. The Kier molecular flexibility index (Phi) is 3.56. The van der Waals surface area contributed by atoms with Crippen molar-refractivity contribution in [1.29, 1.82) is 0 Å². The number of hydrogen-bond donors (Lipinski definition) is 2. The van der Waals surface area contributed by atoms with Crippen LogP contribution in [0.25, 0.3) is 0 Å². The van der Waals surface area contributed by atoms with E-state index < -0.39 is 18.2 Å². The van der Waals surface area contributed by atoms with Crippen molar-refractivity contribution in [3.05, 3.63) is 12.2 Å². The van der Waals surface area contributed by atoms with Crippen LogP contribution in [0.3, 0.4) is 0 Å². The fraction of sp³-hybridized carbons (Fsp3) is 0.600. The molecule has 2 rings (SSSR count). The first-order valence-electron chi connectivity index (χ1n) is 5.57. The van der Waals surface area contributed by atoms with Gasteiger partial charge in [-0.05, 0) is 12.8 Å². The van der Waals surface area contributed by atoms with Crippen LogP contribution in [0, 0.1) is 0 Å². The highest BCUT2D eigenvalue weighted by molar-refractivity contribution is 5.82. The number of carboxylic acids is 1. The van der Waals surface area contributed by atoms with Gasteiger partial charge in [-0.2, -0.15) is 0 Å². The molecule has 1 aromatic heterocycles. The highest BCUT2D eigenvalue weighted by Crippen LogP contribution is 2.19. The Morgan fingerprint density at radius 1 is 1.56 bits per heavy atom. The predicted octanol–water partition coefficient (Wildman–Crippen LogP) is -0.936. The normalized spacial score (nSPS) is 22.9. The molecular weight excluding hydrogens is 240 g/mol. The number of aromatic nitrogens is 3. The summed E-state index contributed by atoms with van der Waals surface area (Å²) in [4.78, 5) is 22.4. The third-order valence-corrected chi connectivity index (χ3v) is 2.81. The van der Waals surface area contributed by atoms with Crippen LogP contribution in [0.1, 0.15) is 18.7 Å². The van der Waals surface area contributed by atoms with E-state index in [1.54, 1.807) is 11.6 Å². The molecule has 8 nitrogen and oxygen atoms in total. The van der Waals surface area contributed by atoms with Gasteiger partial charge in [0.2, 0.25) is 5.91 Å². The van der Waals surface area contributed by atoms with Crippen molar-refractivity contribution in [3.8, 4) is 0 Å². The van der Waals surface area contributed by atoms with Gasteiger partial charge in [0.1, 0.15) is 12.4 Å². The molecule has 18 heavy (non-hydrogen) atoms. The Labute approximate surface area is 103 Å². The summed E-state index contributed by atoms with van der Waals surface area (Å²) in [6.45, 7) is 0.243. The molecule has 8 heteroatoms. The van der Waals surface area contributed by atoms with E-state index in [1.165, 1.54) is 6.33 Å². The second-order valence-corrected chi connectivity index (χ2v) is 4.10. The molecule has 2 N–H and O–H groups in total. The summed E-state index contributed by atoms with van der Waals surface area (Å²) in [5.41, 5.74) is 0. The molecule has 1 aliphatic heterocycles. The van der Waals surface area contributed by atoms with Gasteiger partial charge in [-0.15, -0.1) is 10.2 Å². The summed E-state index contributed by atoms with van der Waals surface area (Å²) in [7, 11) is 1.77. The molecule has 0 aromatic carbocycles. The van der Waals surface area contributed by atoms with Gasteiger partial charge in [0, 0.05) is 7.05 Å². The number of aryl methyl sites for hydroxylation is 1. The van der Waals surface area contributed by atoms with Crippen LogP contribution < -0.4 is 5.32 Å². The third-order valence-electron chi connectivity index (χ3n) is 2.81. The van der Waals surface area contributed by atoms with Gasteiger partial charge in [0.25, 0.3) is 0 Å². The van der Waals surface area contributed by atoms with Crippen LogP contribution in [0.4, 0.5) is 0 Å². The van der Waals surface area contributed by atoms with E-state index >= 15 is 0 Å². The van der Waals surface area contributed by atoms with Crippen molar-refractivity contribution in [1.82, 2.24) is 20.1 Å². The summed E-state index contributed by atoms with van der Waals surface area (Å²) in [5, 5.41) is 18.9. The van der Waals surface area contributed by atoms with Gasteiger partial charge < -0.3 is 19.7 Å². The molecule has 2 heterocycles. The van der Waals surface area contributed by atoms with E-state index in [2.05, 4.69) is 15.5 Å². The molecule has 1 aliphatic rings. The lowest BCUT2D eigenvalue weighted by atomic mass is 10.2. The van der Waals surface area contributed by atoms with Crippen molar-refractivity contribution in [2.75, 3.05) is 0 Å². The molecule has 1 amide bonds. The lowest BCUT2D eigenvalue weighted by Gasteiger charge is -2.11. The van der Waals surface area contributed by atoms with Crippen molar-refractivity contribution in [2.24, 2.45) is 7.05 Å². The van der Waals surface area contributed by atoms with Crippen LogP contribution in [0.15, 0.2) is 6.33 Å². The fourth-order valence-electron chi connectivity index (χ4n) is 1.76. The number of aliphatic carboxylic acids is 1. The maximum atomic E-state index is 11.7. The van der Waals surface area contributed by atoms with Gasteiger partial charge in [0.05, 0.1) is 6.54 Å². The maximum absolute atomic E-state index is 11.7. The van der Waals surface area contributed by atoms with Gasteiger partial charge in [-0.3, -0.25) is 4.79 Å². The zero-order valence-corrected chi connectivity index (χ0v) is 9.87. The molecule has 0 bridgehead atoms. The molecule has 1 fully saturated rings. The second kappa shape index (κ2) is 5.13. The van der Waals surface area contributed by atoms with E-state index in [1.807, 2.05) is 0 Å². The molecule has 1 aromatic rings. The molecule has 0 aliphatic carbocycles. The highest BCUT2D eigenvalue weighted by atomic mass is 16.5. The number of carboxylic acid groups (broad SMARTS) is 1. The Balaban J connectivity index is 1.83. The number of amides is 1. The van der Waals surface area contributed by atoms with Crippen LogP contribution >= 0.6 is 0 Å². The van der Waals surface area contributed by atoms with E-state index in [0.717, 1.165) is 0 Å². The van der Waals surface area contributed by atoms with Crippen molar-refractivity contribution >= 4 is 11.9 Å². The van der Waals surface area contributed by atoms with Gasteiger partial charge in [-0.1, -0.05) is 0 Å². The first kappa shape index (κ1) is 12.5. The van der Waals surface area contributed by atoms with Gasteiger partial charge in [0.15, 0.2) is 11.9 Å². The molecule has 0 spiro atoms. The summed E-state index contributed by atoms with van der Waals surface area (Å²) in [6.07, 6.45) is 0.738. The van der Waals surface area contributed by atoms with E-state index in [0.29, 0.717) is 18.7 Å². The zero-order chi connectivity index (χ0) is 13.1. The molecule has 0 radical (unpaired) electrons. The Hall–Kier alpha value is -1.96. The van der Waals surface area contributed by atoms with Crippen LogP contribution in [0.2, 0.25) is 0 Å². The average molecular weight is 254 g/mol. The highest BCUT2D eigenvalue weighted by Gasteiger charge is 2.34. The van der Waals surface area contributed by atoms with E-state index in [9.17, 15) is 9.59 Å². The Morgan fingerprint density at radius 3 is 2.83 bits per heavy atom. The van der Waals surface area contributed by atoms with Crippen LogP contribution in [0.5, 0.6) is 0 Å². The smallest absolute Gasteiger partial charge is 0.332 e. The molecule has 0 saturated carbocycles. The standard InChI is InChI=1S/C10H14N4O4/c1-14-5-12-13-8(14)4-11-9(15)6-2-3-7(18-6)10(16)17/h5-7H,2-4H2,1H3,(H,11,15)(H,16,17)/t6-,7+/m0/s1. The minimum Gasteiger partial charge on any atom is -0.479 e. The quantitative estimate of drug-likeness (QED) is 0.718. The van der Waals surface area contributed by atoms with E-state index in [4.69, 9.17) is 9.84 Å². The largest absolute Gasteiger partial charge is 0.479 e. The summed E-state index contributed by atoms with van der Waals surface area (Å²) in [6, 6.07) is 0. The Morgan fingerprint density at radius 2 is 2.28 bits per heavy atom. The molecular formula is C10H14N4O4. The number of rotatable bonds is 4. The number of carbonyl (C=O) groups is 2. The van der Waals surface area contributed by atoms with Crippen molar-refractivity contribution < 1.29 is 19.4 Å². The van der Waals surface area contributed by atoms with Crippen LogP contribution in [-0.4, -0.2) is 44.0 Å². The fourth-order valence-corrected chi connectivity index (χ4v) is 1.76. The number of hydrogen-bond acceptors (Lipinski definition) is 5. The number of nitrogens with one attached hydrogen (secondary N) is 1. The second-order valence-electron chi connectivity index (χ2n) is 4.10. The zero-order valence-electron chi connectivity index (χ0n) is 9.87. The first-order valence-corrected chi connectivity index (χ1v) is 5.57. The molecule has 2 atom stereocenters. The van der Waals surface area contributed by atoms with Gasteiger partial charge in [-0.25, -0.2) is 4.79 Å². The monoisotopic (exact) mass is 254 g/mol.